The molecule has 1 saturated heterocycles. The molecule has 0 spiro atoms. The fourth-order valence-electron chi connectivity index (χ4n) is 2.84. The molecule has 0 amide bonds. The highest BCUT2D eigenvalue weighted by Crippen LogP contribution is 2.38. The monoisotopic (exact) mass is 392 g/mol. The van der Waals surface area contributed by atoms with Crippen LogP contribution in [-0.2, 0) is 30.2 Å². The summed E-state index contributed by atoms with van der Waals surface area (Å²) in [6, 6.07) is 4.79. The first-order valence-electron chi connectivity index (χ1n) is 9.59. The summed E-state index contributed by atoms with van der Waals surface area (Å²) < 4.78 is 28.9. The van der Waals surface area contributed by atoms with Gasteiger partial charge in [-0.3, -0.25) is 0 Å². The first-order chi connectivity index (χ1) is 12.7. The SMILES string of the molecule is COc1cc(C)cc(COC(B2OC(C)(C)C(C)(C)O2)C(=O)OC(C)(C)C)c1. The molecule has 0 aromatic heterocycles. The minimum atomic E-state index is -1.01. The van der Waals surface area contributed by atoms with Crippen LogP contribution in [-0.4, -0.2) is 43.0 Å². The van der Waals surface area contributed by atoms with Crippen molar-refractivity contribution in [2.75, 3.05) is 7.11 Å². The summed E-state index contributed by atoms with van der Waals surface area (Å²) in [4.78, 5) is 12.8. The Morgan fingerprint density at radius 3 is 2.18 bits per heavy atom. The van der Waals surface area contributed by atoms with E-state index in [2.05, 4.69) is 0 Å². The average Bonchev–Trinajstić information content (AvgIpc) is 2.72. The molecule has 6 nitrogen and oxygen atoms in total. The molecule has 1 aliphatic heterocycles. The van der Waals surface area contributed by atoms with Crippen molar-refractivity contribution in [1.29, 1.82) is 0 Å². The van der Waals surface area contributed by atoms with Crippen molar-refractivity contribution in [2.24, 2.45) is 0 Å². The number of carbonyl (C=O) groups excluding carboxylic acids is 1. The van der Waals surface area contributed by atoms with Crippen LogP contribution in [0.15, 0.2) is 18.2 Å². The van der Waals surface area contributed by atoms with Crippen molar-refractivity contribution < 1.29 is 28.3 Å². The maximum Gasteiger partial charge on any atom is 0.501 e. The van der Waals surface area contributed by atoms with E-state index in [-0.39, 0.29) is 6.61 Å². The summed E-state index contributed by atoms with van der Waals surface area (Å²) in [6.07, 6.45) is 0. The summed E-state index contributed by atoms with van der Waals surface area (Å²) in [5, 5.41) is 0. The third-order valence-corrected chi connectivity index (χ3v) is 4.93. The summed E-state index contributed by atoms with van der Waals surface area (Å²) in [5.74, 6) is 0.230. The van der Waals surface area contributed by atoms with Gasteiger partial charge in [-0.15, -0.1) is 0 Å². The highest BCUT2D eigenvalue weighted by Gasteiger charge is 2.56. The van der Waals surface area contributed by atoms with E-state index in [4.69, 9.17) is 23.5 Å². The standard InChI is InChI=1S/C21H33BO6/c1-14-10-15(12-16(11-14)24-9)13-25-17(18(23)26-19(2,3)4)22-27-20(5,6)21(7,8)28-22/h10-12,17H,13H2,1-9H3. The smallest absolute Gasteiger partial charge is 0.497 e. The van der Waals surface area contributed by atoms with E-state index >= 15 is 0 Å². The van der Waals surface area contributed by atoms with Crippen molar-refractivity contribution in [1.82, 2.24) is 0 Å². The van der Waals surface area contributed by atoms with Gasteiger partial charge >= 0.3 is 13.1 Å². The van der Waals surface area contributed by atoms with Gasteiger partial charge in [-0.2, -0.15) is 0 Å². The van der Waals surface area contributed by atoms with Crippen molar-refractivity contribution in [3.8, 4) is 5.75 Å². The van der Waals surface area contributed by atoms with Crippen LogP contribution in [0.3, 0.4) is 0 Å². The molecule has 156 valence electrons. The number of hydrogen-bond donors (Lipinski definition) is 0. The lowest BCUT2D eigenvalue weighted by Crippen LogP contribution is -2.46. The second-order valence-electron chi connectivity index (χ2n) is 9.25. The van der Waals surface area contributed by atoms with E-state index < -0.39 is 35.9 Å². The maximum atomic E-state index is 12.8. The molecule has 2 rings (SSSR count). The van der Waals surface area contributed by atoms with Gasteiger partial charge in [0.1, 0.15) is 11.4 Å². The van der Waals surface area contributed by atoms with E-state index in [0.717, 1.165) is 16.9 Å². The molecule has 0 aliphatic carbocycles. The summed E-state index contributed by atoms with van der Waals surface area (Å²) in [6.45, 7) is 15.4. The van der Waals surface area contributed by atoms with Crippen molar-refractivity contribution in [3.63, 3.8) is 0 Å². The molecule has 1 atom stereocenters. The molecular formula is C21H33BO6. The van der Waals surface area contributed by atoms with E-state index in [0.29, 0.717) is 0 Å². The van der Waals surface area contributed by atoms with Gasteiger partial charge in [0.25, 0.3) is 0 Å². The van der Waals surface area contributed by atoms with Gasteiger partial charge in [-0.25, -0.2) is 4.79 Å². The molecule has 7 heteroatoms. The molecule has 0 saturated carbocycles. The average molecular weight is 392 g/mol. The van der Waals surface area contributed by atoms with Crippen LogP contribution in [0.2, 0.25) is 0 Å². The third-order valence-electron chi connectivity index (χ3n) is 4.93. The number of hydrogen-bond acceptors (Lipinski definition) is 6. The predicted molar refractivity (Wildman–Crippen MR) is 108 cm³/mol. The summed E-state index contributed by atoms with van der Waals surface area (Å²) >= 11 is 0. The Kier molecular flexibility index (Phi) is 6.53. The normalized spacial score (nSPS) is 19.4. The van der Waals surface area contributed by atoms with Crippen molar-refractivity contribution in [3.05, 3.63) is 29.3 Å². The molecule has 1 aromatic rings. The van der Waals surface area contributed by atoms with Gasteiger partial charge in [0.15, 0.2) is 6.00 Å². The topological polar surface area (TPSA) is 63.2 Å². The number of rotatable bonds is 6. The Labute approximate surface area is 169 Å². The zero-order chi connectivity index (χ0) is 21.3. The van der Waals surface area contributed by atoms with Gasteiger partial charge in [0.2, 0.25) is 0 Å². The summed E-state index contributed by atoms with van der Waals surface area (Å²) in [7, 11) is 0.763. The number of methoxy groups -OCH3 is 1. The molecule has 1 heterocycles. The second kappa shape index (κ2) is 8.05. The van der Waals surface area contributed by atoms with Crippen molar-refractivity contribution >= 4 is 13.1 Å². The largest absolute Gasteiger partial charge is 0.501 e. The van der Waals surface area contributed by atoms with Gasteiger partial charge in [-0.05, 0) is 78.6 Å². The molecule has 1 aliphatic rings. The molecule has 1 aromatic carbocycles. The molecular weight excluding hydrogens is 359 g/mol. The fraction of sp³-hybridized carbons (Fsp3) is 0.667. The molecule has 0 N–H and O–H groups in total. The Balaban J connectivity index is 2.22. The third kappa shape index (κ3) is 5.49. The lowest BCUT2D eigenvalue weighted by molar-refractivity contribution is -0.165. The molecule has 1 unspecified atom stereocenters. The zero-order valence-electron chi connectivity index (χ0n) is 18.5. The number of benzene rings is 1. The van der Waals surface area contributed by atoms with Crippen LogP contribution >= 0.6 is 0 Å². The van der Waals surface area contributed by atoms with E-state index in [9.17, 15) is 4.79 Å². The Bertz CT molecular complexity index is 691. The van der Waals surface area contributed by atoms with Gasteiger partial charge in [0, 0.05) is 0 Å². The Morgan fingerprint density at radius 2 is 1.68 bits per heavy atom. The summed E-state index contributed by atoms with van der Waals surface area (Å²) in [5.41, 5.74) is 0.140. The lowest BCUT2D eigenvalue weighted by Gasteiger charge is -2.32. The van der Waals surface area contributed by atoms with Crippen LogP contribution in [0.1, 0.15) is 59.6 Å². The van der Waals surface area contributed by atoms with Crippen LogP contribution in [0.5, 0.6) is 5.75 Å². The maximum absolute atomic E-state index is 12.8. The first kappa shape index (κ1) is 22.7. The minimum Gasteiger partial charge on any atom is -0.497 e. The van der Waals surface area contributed by atoms with E-state index in [1.165, 1.54) is 0 Å². The quantitative estimate of drug-likeness (QED) is 0.541. The molecule has 0 radical (unpaired) electrons. The van der Waals surface area contributed by atoms with Gasteiger partial charge in [0.05, 0.1) is 24.9 Å². The Morgan fingerprint density at radius 1 is 1.11 bits per heavy atom. The first-order valence-corrected chi connectivity index (χ1v) is 9.59. The highest BCUT2D eigenvalue weighted by atomic mass is 16.7. The second-order valence-corrected chi connectivity index (χ2v) is 9.25. The number of carbonyl (C=O) groups is 1. The molecule has 28 heavy (non-hydrogen) atoms. The van der Waals surface area contributed by atoms with Crippen LogP contribution < -0.4 is 4.74 Å². The molecule has 1 fully saturated rings. The van der Waals surface area contributed by atoms with E-state index in [1.54, 1.807) is 7.11 Å². The van der Waals surface area contributed by atoms with Gasteiger partial charge in [-0.1, -0.05) is 6.07 Å². The molecule has 0 bridgehead atoms. The van der Waals surface area contributed by atoms with Crippen LogP contribution in [0.4, 0.5) is 0 Å². The van der Waals surface area contributed by atoms with Gasteiger partial charge < -0.3 is 23.5 Å². The number of esters is 1. The predicted octanol–water partition coefficient (Wildman–Crippen LogP) is 3.86. The fourth-order valence-corrected chi connectivity index (χ4v) is 2.84. The van der Waals surface area contributed by atoms with Crippen molar-refractivity contribution in [2.45, 2.75) is 84.8 Å². The number of aryl methyl sites for hydroxylation is 1. The van der Waals surface area contributed by atoms with Crippen LogP contribution in [0, 0.1) is 6.92 Å². The lowest BCUT2D eigenvalue weighted by atomic mass is 9.80. The number of ether oxygens (including phenoxy) is 3. The minimum absolute atomic E-state index is 0.200. The Hall–Kier alpha value is -1.57. The zero-order valence-corrected chi connectivity index (χ0v) is 18.5. The van der Waals surface area contributed by atoms with E-state index in [1.807, 2.05) is 73.6 Å². The highest BCUT2D eigenvalue weighted by molar-refractivity contribution is 6.52. The van der Waals surface area contributed by atoms with Crippen LogP contribution in [0.25, 0.3) is 0 Å².